The van der Waals surface area contributed by atoms with Gasteiger partial charge in [-0.25, -0.2) is 0 Å². The van der Waals surface area contributed by atoms with E-state index in [1.54, 1.807) is 42.5 Å². The molecule has 0 spiro atoms. The van der Waals surface area contributed by atoms with Gasteiger partial charge in [-0.15, -0.1) is 0 Å². The summed E-state index contributed by atoms with van der Waals surface area (Å²) in [5.41, 5.74) is 1.61. The van der Waals surface area contributed by atoms with E-state index < -0.39 is 0 Å². The summed E-state index contributed by atoms with van der Waals surface area (Å²) < 4.78 is 10.7. The topological polar surface area (TPSA) is 52.6 Å². The number of fused-ring (bicyclic) bond motifs is 1. The number of methoxy groups -OCH3 is 2. The Morgan fingerprint density at radius 2 is 1.36 bits per heavy atom. The van der Waals surface area contributed by atoms with Gasteiger partial charge in [0.2, 0.25) is 0 Å². The lowest BCUT2D eigenvalue weighted by Gasteiger charge is -2.19. The lowest BCUT2D eigenvalue weighted by molar-refractivity contribution is 0.100. The number of carbonyl (C=O) groups is 2. The van der Waals surface area contributed by atoms with E-state index in [1.807, 2.05) is 0 Å². The van der Waals surface area contributed by atoms with Gasteiger partial charge in [-0.1, -0.05) is 30.3 Å². The van der Waals surface area contributed by atoms with E-state index >= 15 is 0 Å². The minimum atomic E-state index is -0.210. The first-order valence-electron chi connectivity index (χ1n) is 6.78. The molecule has 2 aromatic carbocycles. The summed E-state index contributed by atoms with van der Waals surface area (Å²) >= 11 is 0. The van der Waals surface area contributed by atoms with Gasteiger partial charge in [-0.3, -0.25) is 9.59 Å². The standard InChI is InChI=1S/C18H14O4/c1-21-15-8-5-9-16(22-2)17(15)13-10-14(19)11-6-3-4-7-12(11)18(13)20/h3-10H,1-2H3. The molecular formula is C18H14O4. The highest BCUT2D eigenvalue weighted by molar-refractivity contribution is 6.39. The van der Waals surface area contributed by atoms with Crippen LogP contribution in [0, 0.1) is 0 Å². The predicted octanol–water partition coefficient (Wildman–Crippen LogP) is 3.17. The number of rotatable bonds is 3. The summed E-state index contributed by atoms with van der Waals surface area (Å²) in [5, 5.41) is 0. The molecular weight excluding hydrogens is 280 g/mol. The molecule has 0 aromatic heterocycles. The van der Waals surface area contributed by atoms with Crippen molar-refractivity contribution in [2.45, 2.75) is 0 Å². The Kier molecular flexibility index (Phi) is 3.51. The fourth-order valence-electron chi connectivity index (χ4n) is 2.62. The van der Waals surface area contributed by atoms with E-state index in [0.717, 1.165) is 0 Å². The number of allylic oxidation sites excluding steroid dienone is 2. The van der Waals surface area contributed by atoms with Gasteiger partial charge in [0.15, 0.2) is 11.6 Å². The van der Waals surface area contributed by atoms with E-state index in [1.165, 1.54) is 20.3 Å². The molecule has 0 saturated heterocycles. The van der Waals surface area contributed by atoms with Crippen LogP contribution in [0.5, 0.6) is 11.5 Å². The smallest absolute Gasteiger partial charge is 0.194 e. The second-order valence-electron chi connectivity index (χ2n) is 4.83. The number of ether oxygens (including phenoxy) is 2. The van der Waals surface area contributed by atoms with Gasteiger partial charge in [0.1, 0.15) is 11.5 Å². The summed E-state index contributed by atoms with van der Waals surface area (Å²) in [6, 6.07) is 12.0. The van der Waals surface area contributed by atoms with Crippen LogP contribution in [-0.4, -0.2) is 25.8 Å². The van der Waals surface area contributed by atoms with Crippen molar-refractivity contribution in [2.75, 3.05) is 14.2 Å². The van der Waals surface area contributed by atoms with Crippen LogP contribution in [-0.2, 0) is 0 Å². The third kappa shape index (κ3) is 2.09. The highest BCUT2D eigenvalue weighted by Crippen LogP contribution is 2.38. The van der Waals surface area contributed by atoms with E-state index in [0.29, 0.717) is 28.2 Å². The van der Waals surface area contributed by atoms with Crippen molar-refractivity contribution in [3.8, 4) is 11.5 Å². The summed E-state index contributed by atoms with van der Waals surface area (Å²) in [7, 11) is 3.03. The van der Waals surface area contributed by atoms with Crippen LogP contribution in [0.3, 0.4) is 0 Å². The molecule has 0 aliphatic heterocycles. The van der Waals surface area contributed by atoms with Gasteiger partial charge in [0, 0.05) is 16.7 Å². The molecule has 0 saturated carbocycles. The van der Waals surface area contributed by atoms with Gasteiger partial charge in [0.05, 0.1) is 19.8 Å². The number of hydrogen-bond donors (Lipinski definition) is 0. The highest BCUT2D eigenvalue weighted by Gasteiger charge is 2.29. The first kappa shape index (κ1) is 14.1. The third-order valence-electron chi connectivity index (χ3n) is 3.65. The van der Waals surface area contributed by atoms with Crippen molar-refractivity contribution in [3.63, 3.8) is 0 Å². The van der Waals surface area contributed by atoms with E-state index in [9.17, 15) is 9.59 Å². The summed E-state index contributed by atoms with van der Waals surface area (Å²) in [6.45, 7) is 0. The molecule has 110 valence electrons. The number of Topliss-reactive ketones (excluding diaryl/α,β-unsaturated/α-hetero) is 1. The molecule has 4 nitrogen and oxygen atoms in total. The first-order valence-corrected chi connectivity index (χ1v) is 6.78. The minimum absolute atomic E-state index is 0.196. The molecule has 4 heteroatoms. The average Bonchev–Trinajstić information content (AvgIpc) is 2.57. The molecule has 0 radical (unpaired) electrons. The van der Waals surface area contributed by atoms with Crippen LogP contribution in [0.4, 0.5) is 0 Å². The Bertz CT molecular complexity index is 780. The number of benzene rings is 2. The number of ketones is 2. The maximum absolute atomic E-state index is 12.8. The minimum Gasteiger partial charge on any atom is -0.496 e. The third-order valence-corrected chi connectivity index (χ3v) is 3.65. The Morgan fingerprint density at radius 1 is 0.773 bits per heavy atom. The fourth-order valence-corrected chi connectivity index (χ4v) is 2.62. The zero-order chi connectivity index (χ0) is 15.7. The zero-order valence-corrected chi connectivity index (χ0v) is 12.3. The Hall–Kier alpha value is -2.88. The number of hydrogen-bond acceptors (Lipinski definition) is 4. The second kappa shape index (κ2) is 5.48. The van der Waals surface area contributed by atoms with Crippen molar-refractivity contribution in [3.05, 3.63) is 65.2 Å². The van der Waals surface area contributed by atoms with Crippen LogP contribution >= 0.6 is 0 Å². The van der Waals surface area contributed by atoms with Crippen LogP contribution in [0.25, 0.3) is 5.57 Å². The molecule has 0 fully saturated rings. The first-order chi connectivity index (χ1) is 10.7. The van der Waals surface area contributed by atoms with Gasteiger partial charge < -0.3 is 9.47 Å². The zero-order valence-electron chi connectivity index (χ0n) is 12.3. The molecule has 0 heterocycles. The molecule has 2 aromatic rings. The quantitative estimate of drug-likeness (QED) is 0.872. The van der Waals surface area contributed by atoms with Gasteiger partial charge in [-0.05, 0) is 18.2 Å². The lowest BCUT2D eigenvalue weighted by Crippen LogP contribution is -2.16. The fraction of sp³-hybridized carbons (Fsp3) is 0.111. The summed E-state index contributed by atoms with van der Waals surface area (Å²) in [5.74, 6) is 0.577. The van der Waals surface area contributed by atoms with Gasteiger partial charge in [0.25, 0.3) is 0 Å². The van der Waals surface area contributed by atoms with Crippen molar-refractivity contribution in [2.24, 2.45) is 0 Å². The Labute approximate surface area is 128 Å². The molecule has 0 unspecified atom stereocenters. The van der Waals surface area contributed by atoms with Crippen molar-refractivity contribution in [1.29, 1.82) is 0 Å². The molecule has 0 amide bonds. The summed E-state index contributed by atoms with van der Waals surface area (Å²) in [6.07, 6.45) is 1.35. The second-order valence-corrected chi connectivity index (χ2v) is 4.83. The molecule has 1 aliphatic rings. The van der Waals surface area contributed by atoms with Crippen LogP contribution in [0.2, 0.25) is 0 Å². The van der Waals surface area contributed by atoms with E-state index in [4.69, 9.17) is 9.47 Å². The highest BCUT2D eigenvalue weighted by atomic mass is 16.5. The molecule has 3 rings (SSSR count). The monoisotopic (exact) mass is 294 g/mol. The Morgan fingerprint density at radius 3 is 1.95 bits per heavy atom. The SMILES string of the molecule is COc1cccc(OC)c1C1=CC(=O)c2ccccc2C1=O. The summed E-state index contributed by atoms with van der Waals surface area (Å²) in [4.78, 5) is 25.1. The van der Waals surface area contributed by atoms with Crippen LogP contribution < -0.4 is 9.47 Å². The average molecular weight is 294 g/mol. The van der Waals surface area contributed by atoms with Gasteiger partial charge in [-0.2, -0.15) is 0 Å². The maximum atomic E-state index is 12.8. The van der Waals surface area contributed by atoms with E-state index in [-0.39, 0.29) is 17.1 Å². The molecule has 0 N–H and O–H groups in total. The van der Waals surface area contributed by atoms with Crippen molar-refractivity contribution in [1.82, 2.24) is 0 Å². The molecule has 0 bridgehead atoms. The molecule has 0 atom stereocenters. The van der Waals surface area contributed by atoms with E-state index in [2.05, 4.69) is 0 Å². The Balaban J connectivity index is 2.23. The normalized spacial score (nSPS) is 13.5. The lowest BCUT2D eigenvalue weighted by atomic mass is 9.85. The van der Waals surface area contributed by atoms with Crippen LogP contribution in [0.1, 0.15) is 26.3 Å². The van der Waals surface area contributed by atoms with Gasteiger partial charge >= 0.3 is 0 Å². The van der Waals surface area contributed by atoms with Crippen LogP contribution in [0.15, 0.2) is 48.5 Å². The molecule has 1 aliphatic carbocycles. The maximum Gasteiger partial charge on any atom is 0.194 e. The molecule has 22 heavy (non-hydrogen) atoms. The number of carbonyl (C=O) groups excluding carboxylic acids is 2. The largest absolute Gasteiger partial charge is 0.496 e. The van der Waals surface area contributed by atoms with Crippen molar-refractivity contribution < 1.29 is 19.1 Å². The van der Waals surface area contributed by atoms with Crippen molar-refractivity contribution >= 4 is 17.1 Å². The predicted molar refractivity (Wildman–Crippen MR) is 82.6 cm³/mol.